The van der Waals surface area contributed by atoms with Crippen LogP contribution in [-0.2, 0) is 16.6 Å². The number of carbonyl (C=O) groups is 1. The number of ether oxygens (including phenoxy) is 1. The third-order valence-electron chi connectivity index (χ3n) is 4.43. The number of aliphatic carboxylic acids is 1. The molecular formula is C19H28O3. The minimum Gasteiger partial charge on any atom is -0.493 e. The molecule has 0 heterocycles. The van der Waals surface area contributed by atoms with Crippen molar-refractivity contribution in [3.05, 3.63) is 28.8 Å². The first-order valence-corrected chi connectivity index (χ1v) is 8.23. The number of carboxylic acid groups (broad SMARTS) is 1. The fourth-order valence-electron chi connectivity index (χ4n) is 3.12. The Morgan fingerprint density at radius 1 is 1.36 bits per heavy atom. The van der Waals surface area contributed by atoms with E-state index in [1.54, 1.807) is 0 Å². The highest BCUT2D eigenvalue weighted by molar-refractivity contribution is 5.73. The molecule has 1 fully saturated rings. The number of rotatable bonds is 6. The number of aryl methyl sites for hydroxylation is 2. The molecule has 3 nitrogen and oxygen atoms in total. The van der Waals surface area contributed by atoms with Gasteiger partial charge in [0.15, 0.2) is 0 Å². The molecule has 1 aliphatic rings. The van der Waals surface area contributed by atoms with Gasteiger partial charge in [0.25, 0.3) is 0 Å². The van der Waals surface area contributed by atoms with Gasteiger partial charge in [-0.2, -0.15) is 0 Å². The summed E-state index contributed by atoms with van der Waals surface area (Å²) in [6, 6.07) is 4.41. The Bertz CT molecular complexity index is 555. The molecule has 0 bridgehead atoms. The maximum Gasteiger partial charge on any atom is 0.306 e. The number of hydrogen-bond donors (Lipinski definition) is 1. The molecule has 0 radical (unpaired) electrons. The Hall–Kier alpha value is -1.51. The SMILES string of the molecule is CCOc1c(CCC2CC2C(=O)O)cc(C)cc1C(C)(C)C. The molecule has 0 spiro atoms. The minimum atomic E-state index is -0.644. The lowest BCUT2D eigenvalue weighted by atomic mass is 9.83. The van der Waals surface area contributed by atoms with Crippen LogP contribution in [0.1, 0.15) is 57.2 Å². The van der Waals surface area contributed by atoms with Crippen LogP contribution in [0.15, 0.2) is 12.1 Å². The normalized spacial score (nSPS) is 20.8. The van der Waals surface area contributed by atoms with Gasteiger partial charge in [-0.3, -0.25) is 4.79 Å². The van der Waals surface area contributed by atoms with Crippen molar-refractivity contribution in [2.45, 2.75) is 59.3 Å². The lowest BCUT2D eigenvalue weighted by Crippen LogP contribution is -2.15. The third-order valence-corrected chi connectivity index (χ3v) is 4.43. The molecular weight excluding hydrogens is 276 g/mol. The van der Waals surface area contributed by atoms with Crippen molar-refractivity contribution in [3.8, 4) is 5.75 Å². The first-order valence-electron chi connectivity index (χ1n) is 8.23. The zero-order chi connectivity index (χ0) is 16.5. The molecule has 3 heteroatoms. The molecule has 2 unspecified atom stereocenters. The summed E-state index contributed by atoms with van der Waals surface area (Å²) < 4.78 is 5.96. The Kier molecular flexibility index (Phi) is 4.84. The second kappa shape index (κ2) is 6.31. The zero-order valence-corrected chi connectivity index (χ0v) is 14.4. The highest BCUT2D eigenvalue weighted by Gasteiger charge is 2.42. The number of benzene rings is 1. The summed E-state index contributed by atoms with van der Waals surface area (Å²) >= 11 is 0. The summed E-state index contributed by atoms with van der Waals surface area (Å²) in [5, 5.41) is 9.03. The van der Waals surface area contributed by atoms with E-state index in [4.69, 9.17) is 9.84 Å². The fourth-order valence-corrected chi connectivity index (χ4v) is 3.12. The van der Waals surface area contributed by atoms with E-state index in [0.29, 0.717) is 12.5 Å². The van der Waals surface area contributed by atoms with E-state index in [9.17, 15) is 4.79 Å². The summed E-state index contributed by atoms with van der Waals surface area (Å²) in [6.45, 7) is 11.4. The first kappa shape index (κ1) is 16.9. The van der Waals surface area contributed by atoms with Gasteiger partial charge in [0.05, 0.1) is 12.5 Å². The van der Waals surface area contributed by atoms with Gasteiger partial charge in [-0.05, 0) is 50.0 Å². The number of hydrogen-bond acceptors (Lipinski definition) is 2. The molecule has 0 aromatic heterocycles. The van der Waals surface area contributed by atoms with E-state index in [2.05, 4.69) is 39.8 Å². The molecule has 122 valence electrons. The third kappa shape index (κ3) is 3.82. The zero-order valence-electron chi connectivity index (χ0n) is 14.4. The average Bonchev–Trinajstić information content (AvgIpc) is 3.17. The summed E-state index contributed by atoms with van der Waals surface area (Å²) in [5.74, 6) is 0.579. The van der Waals surface area contributed by atoms with Crippen molar-refractivity contribution in [1.29, 1.82) is 0 Å². The van der Waals surface area contributed by atoms with Gasteiger partial charge in [-0.15, -0.1) is 0 Å². The van der Waals surface area contributed by atoms with Crippen LogP contribution in [0.5, 0.6) is 5.75 Å². The van der Waals surface area contributed by atoms with Gasteiger partial charge < -0.3 is 9.84 Å². The Morgan fingerprint density at radius 3 is 2.55 bits per heavy atom. The quantitative estimate of drug-likeness (QED) is 0.850. The minimum absolute atomic E-state index is 0.0362. The van der Waals surface area contributed by atoms with Crippen LogP contribution in [0.2, 0.25) is 0 Å². The van der Waals surface area contributed by atoms with Crippen LogP contribution in [0.25, 0.3) is 0 Å². The van der Waals surface area contributed by atoms with E-state index in [1.807, 2.05) is 6.92 Å². The van der Waals surface area contributed by atoms with Gasteiger partial charge in [0.2, 0.25) is 0 Å². The Labute approximate surface area is 133 Å². The standard InChI is InChI=1S/C19H28O3/c1-6-22-17-14(8-7-13-11-15(13)18(20)21)9-12(2)10-16(17)19(3,4)5/h9-10,13,15H,6-8,11H2,1-5H3,(H,20,21). The van der Waals surface area contributed by atoms with Crippen LogP contribution < -0.4 is 4.74 Å². The monoisotopic (exact) mass is 304 g/mol. The van der Waals surface area contributed by atoms with Crippen molar-refractivity contribution >= 4 is 5.97 Å². The van der Waals surface area contributed by atoms with E-state index < -0.39 is 5.97 Å². The molecule has 1 N–H and O–H groups in total. The van der Waals surface area contributed by atoms with Crippen molar-refractivity contribution in [3.63, 3.8) is 0 Å². The van der Waals surface area contributed by atoms with Gasteiger partial charge in [-0.25, -0.2) is 0 Å². The van der Waals surface area contributed by atoms with Gasteiger partial charge in [0, 0.05) is 5.56 Å². The average molecular weight is 304 g/mol. The van der Waals surface area contributed by atoms with Crippen molar-refractivity contribution in [2.75, 3.05) is 6.61 Å². The predicted octanol–water partition coefficient (Wildman–Crippen LogP) is 4.34. The molecule has 1 aromatic rings. The number of carboxylic acids is 1. The highest BCUT2D eigenvalue weighted by Crippen LogP contribution is 2.43. The van der Waals surface area contributed by atoms with Crippen molar-refractivity contribution in [2.24, 2.45) is 11.8 Å². The maximum atomic E-state index is 11.0. The van der Waals surface area contributed by atoms with Gasteiger partial charge >= 0.3 is 5.97 Å². The second-order valence-electron chi connectivity index (χ2n) is 7.46. The molecule has 2 atom stereocenters. The maximum absolute atomic E-state index is 11.0. The lowest BCUT2D eigenvalue weighted by molar-refractivity contribution is -0.138. The predicted molar refractivity (Wildman–Crippen MR) is 88.6 cm³/mol. The Balaban J connectivity index is 2.22. The van der Waals surface area contributed by atoms with Crippen LogP contribution in [0, 0.1) is 18.8 Å². The van der Waals surface area contributed by atoms with Gasteiger partial charge in [-0.1, -0.05) is 38.5 Å². The molecule has 0 aliphatic heterocycles. The molecule has 2 rings (SSSR count). The van der Waals surface area contributed by atoms with Crippen LogP contribution in [0.4, 0.5) is 0 Å². The summed E-state index contributed by atoms with van der Waals surface area (Å²) in [7, 11) is 0. The first-order chi connectivity index (χ1) is 10.2. The second-order valence-corrected chi connectivity index (χ2v) is 7.46. The van der Waals surface area contributed by atoms with E-state index in [0.717, 1.165) is 25.0 Å². The largest absolute Gasteiger partial charge is 0.493 e. The topological polar surface area (TPSA) is 46.5 Å². The van der Waals surface area contributed by atoms with Crippen LogP contribution in [0.3, 0.4) is 0 Å². The molecule has 0 saturated heterocycles. The molecule has 22 heavy (non-hydrogen) atoms. The fraction of sp³-hybridized carbons (Fsp3) is 0.632. The van der Waals surface area contributed by atoms with Crippen molar-refractivity contribution in [1.82, 2.24) is 0 Å². The van der Waals surface area contributed by atoms with Gasteiger partial charge in [0.1, 0.15) is 5.75 Å². The van der Waals surface area contributed by atoms with Crippen LogP contribution in [-0.4, -0.2) is 17.7 Å². The van der Waals surface area contributed by atoms with E-state index >= 15 is 0 Å². The molecule has 1 aromatic carbocycles. The Morgan fingerprint density at radius 2 is 2.05 bits per heavy atom. The summed E-state index contributed by atoms with van der Waals surface area (Å²) in [5.41, 5.74) is 3.75. The smallest absolute Gasteiger partial charge is 0.306 e. The summed E-state index contributed by atoms with van der Waals surface area (Å²) in [6.07, 6.45) is 2.66. The van der Waals surface area contributed by atoms with Crippen molar-refractivity contribution < 1.29 is 14.6 Å². The molecule has 1 aliphatic carbocycles. The molecule has 1 saturated carbocycles. The van der Waals surface area contributed by atoms with Crippen LogP contribution >= 0.6 is 0 Å². The van der Waals surface area contributed by atoms with E-state index in [-0.39, 0.29) is 11.3 Å². The summed E-state index contributed by atoms with van der Waals surface area (Å²) in [4.78, 5) is 11.0. The lowest BCUT2D eigenvalue weighted by Gasteiger charge is -2.25. The molecule has 0 amide bonds. The van der Waals surface area contributed by atoms with E-state index in [1.165, 1.54) is 16.7 Å². The highest BCUT2D eigenvalue weighted by atomic mass is 16.5.